The summed E-state index contributed by atoms with van der Waals surface area (Å²) < 4.78 is 18.5. The van der Waals surface area contributed by atoms with E-state index < -0.39 is 17.8 Å². The van der Waals surface area contributed by atoms with Crippen molar-refractivity contribution in [2.45, 2.75) is 19.0 Å². The molecule has 0 unspecified atom stereocenters. The first-order chi connectivity index (χ1) is 13.0. The number of rotatable bonds is 5. The van der Waals surface area contributed by atoms with Gasteiger partial charge in [-0.2, -0.15) is 0 Å². The summed E-state index contributed by atoms with van der Waals surface area (Å²) in [4.78, 5) is 23.5. The van der Waals surface area contributed by atoms with Gasteiger partial charge in [0.15, 0.2) is 6.61 Å². The first kappa shape index (κ1) is 19.1. The number of carbonyl (C=O) groups is 2. The predicted molar refractivity (Wildman–Crippen MR) is 96.2 cm³/mol. The molecule has 0 aromatic heterocycles. The molecule has 0 bridgehead atoms. The van der Waals surface area contributed by atoms with Crippen molar-refractivity contribution in [2.75, 3.05) is 11.9 Å². The molecule has 2 aromatic rings. The maximum absolute atomic E-state index is 13.2. The van der Waals surface area contributed by atoms with Gasteiger partial charge >= 0.3 is 0 Å². The van der Waals surface area contributed by atoms with Gasteiger partial charge in [-0.1, -0.05) is 17.7 Å². The number of nitrogens with one attached hydrogen (secondary N) is 3. The molecule has 9 heteroatoms. The smallest absolute Gasteiger partial charge is 0.281 e. The second-order valence-electron chi connectivity index (χ2n) is 6.01. The van der Waals surface area contributed by atoms with Crippen LogP contribution >= 0.6 is 11.6 Å². The Hall–Kier alpha value is -2.68. The Kier molecular flexibility index (Phi) is 5.90. The second-order valence-corrected chi connectivity index (χ2v) is 6.42. The molecule has 1 aliphatic heterocycles. The molecular weight excluding hydrogens is 377 g/mol. The number of ether oxygens (including phenoxy) is 1. The highest BCUT2D eigenvalue weighted by Gasteiger charge is 2.24. The molecule has 0 fully saturated rings. The highest BCUT2D eigenvalue weighted by molar-refractivity contribution is 6.31. The SMILES string of the molecule is O=C(COc1ccc2c(c1)CN[C@H](C(=O)Nc1ccc(F)c(Cl)c1)C2)NO. The third-order valence-electron chi connectivity index (χ3n) is 4.14. The molecule has 1 aliphatic rings. The van der Waals surface area contributed by atoms with Gasteiger partial charge < -0.3 is 15.4 Å². The third kappa shape index (κ3) is 4.73. The predicted octanol–water partition coefficient (Wildman–Crippen LogP) is 2.02. The summed E-state index contributed by atoms with van der Waals surface area (Å²) >= 11 is 5.73. The van der Waals surface area contributed by atoms with Crippen LogP contribution < -0.4 is 20.9 Å². The number of carbonyl (C=O) groups excluding carboxylic acids is 2. The van der Waals surface area contributed by atoms with Crippen molar-refractivity contribution >= 4 is 29.1 Å². The van der Waals surface area contributed by atoms with Crippen molar-refractivity contribution in [1.29, 1.82) is 0 Å². The number of halogens is 2. The van der Waals surface area contributed by atoms with Crippen molar-refractivity contribution in [3.63, 3.8) is 0 Å². The van der Waals surface area contributed by atoms with E-state index in [2.05, 4.69) is 10.6 Å². The lowest BCUT2D eigenvalue weighted by atomic mass is 9.95. The molecule has 0 saturated heterocycles. The molecular formula is C18H17ClFN3O4. The minimum absolute atomic E-state index is 0.0582. The summed E-state index contributed by atoms with van der Waals surface area (Å²) in [5.74, 6) is -0.955. The van der Waals surface area contributed by atoms with Crippen molar-refractivity contribution in [3.05, 3.63) is 58.4 Å². The van der Waals surface area contributed by atoms with E-state index in [9.17, 15) is 14.0 Å². The van der Waals surface area contributed by atoms with Gasteiger partial charge in [0.25, 0.3) is 5.91 Å². The number of hydroxylamine groups is 1. The molecule has 142 valence electrons. The number of hydrogen-bond donors (Lipinski definition) is 4. The minimum atomic E-state index is -0.650. The van der Waals surface area contributed by atoms with Crippen LogP contribution in [-0.2, 0) is 22.6 Å². The zero-order valence-electron chi connectivity index (χ0n) is 14.1. The van der Waals surface area contributed by atoms with E-state index in [-0.39, 0.29) is 17.5 Å². The Morgan fingerprint density at radius 3 is 2.81 bits per heavy atom. The van der Waals surface area contributed by atoms with E-state index in [4.69, 9.17) is 21.5 Å². The van der Waals surface area contributed by atoms with Crippen LogP contribution in [0.25, 0.3) is 0 Å². The van der Waals surface area contributed by atoms with Gasteiger partial charge in [0, 0.05) is 12.2 Å². The molecule has 1 heterocycles. The van der Waals surface area contributed by atoms with Gasteiger partial charge in [-0.15, -0.1) is 0 Å². The Bertz CT molecular complexity index is 878. The average Bonchev–Trinajstić information content (AvgIpc) is 2.68. The maximum atomic E-state index is 13.2. The van der Waals surface area contributed by atoms with Crippen LogP contribution in [0.5, 0.6) is 5.75 Å². The molecule has 0 radical (unpaired) electrons. The van der Waals surface area contributed by atoms with Crippen molar-refractivity contribution in [2.24, 2.45) is 0 Å². The van der Waals surface area contributed by atoms with Gasteiger partial charge in [0.1, 0.15) is 11.6 Å². The monoisotopic (exact) mass is 393 g/mol. The van der Waals surface area contributed by atoms with Gasteiger partial charge in [-0.25, -0.2) is 9.87 Å². The van der Waals surface area contributed by atoms with Crippen LogP contribution in [0.15, 0.2) is 36.4 Å². The van der Waals surface area contributed by atoms with Gasteiger partial charge in [-0.3, -0.25) is 14.8 Å². The Morgan fingerprint density at radius 2 is 2.07 bits per heavy atom. The van der Waals surface area contributed by atoms with Crippen molar-refractivity contribution in [3.8, 4) is 5.75 Å². The van der Waals surface area contributed by atoms with E-state index in [1.54, 1.807) is 12.1 Å². The molecule has 4 N–H and O–H groups in total. The molecule has 0 saturated carbocycles. The number of amides is 2. The van der Waals surface area contributed by atoms with Gasteiger partial charge in [0.2, 0.25) is 5.91 Å². The van der Waals surface area contributed by atoms with E-state index in [0.717, 1.165) is 11.1 Å². The Morgan fingerprint density at radius 1 is 1.26 bits per heavy atom. The second kappa shape index (κ2) is 8.34. The molecule has 7 nitrogen and oxygen atoms in total. The molecule has 0 aliphatic carbocycles. The summed E-state index contributed by atoms with van der Waals surface area (Å²) in [5, 5.41) is 14.3. The third-order valence-corrected chi connectivity index (χ3v) is 4.43. The molecule has 1 atom stereocenters. The van der Waals surface area contributed by atoms with Crippen LogP contribution in [0.4, 0.5) is 10.1 Å². The summed E-state index contributed by atoms with van der Waals surface area (Å²) in [6.45, 7) is 0.148. The highest BCUT2D eigenvalue weighted by Crippen LogP contribution is 2.24. The van der Waals surface area contributed by atoms with Crippen LogP contribution in [0.1, 0.15) is 11.1 Å². The topological polar surface area (TPSA) is 99.7 Å². The normalized spacial score (nSPS) is 15.6. The Labute approximate surface area is 159 Å². The quantitative estimate of drug-likeness (QED) is 0.460. The Balaban J connectivity index is 1.62. The zero-order valence-corrected chi connectivity index (χ0v) is 14.8. The summed E-state index contributed by atoms with van der Waals surface area (Å²) in [5.41, 5.74) is 3.84. The number of fused-ring (bicyclic) bond motifs is 1. The molecule has 2 amide bonds. The summed E-state index contributed by atoms with van der Waals surface area (Å²) in [6, 6.07) is 8.86. The minimum Gasteiger partial charge on any atom is -0.484 e. The lowest BCUT2D eigenvalue weighted by molar-refractivity contribution is -0.131. The van der Waals surface area contributed by atoms with E-state index in [1.807, 2.05) is 6.07 Å². The van der Waals surface area contributed by atoms with E-state index in [0.29, 0.717) is 24.4 Å². The molecule has 3 rings (SSSR count). The lowest BCUT2D eigenvalue weighted by Gasteiger charge is -2.26. The van der Waals surface area contributed by atoms with Crippen LogP contribution in [-0.4, -0.2) is 29.7 Å². The first-order valence-electron chi connectivity index (χ1n) is 8.13. The fourth-order valence-electron chi connectivity index (χ4n) is 2.75. The van der Waals surface area contributed by atoms with Crippen molar-refractivity contribution in [1.82, 2.24) is 10.8 Å². The molecule has 27 heavy (non-hydrogen) atoms. The van der Waals surface area contributed by atoms with E-state index >= 15 is 0 Å². The summed E-state index contributed by atoms with van der Waals surface area (Å²) in [6.07, 6.45) is 0.466. The fraction of sp³-hybridized carbons (Fsp3) is 0.222. The van der Waals surface area contributed by atoms with Crippen molar-refractivity contribution < 1.29 is 23.9 Å². The highest BCUT2D eigenvalue weighted by atomic mass is 35.5. The number of benzene rings is 2. The standard InChI is InChI=1S/C18H17ClFN3O4/c19-14-7-12(2-4-15(14)20)22-18(25)16-6-10-1-3-13(5-11(10)8-21-16)27-9-17(24)23-26/h1-5,7,16,21,26H,6,8-9H2,(H,22,25)(H,23,24)/t16-/m0/s1. The first-order valence-corrected chi connectivity index (χ1v) is 8.51. The van der Waals surface area contributed by atoms with Gasteiger partial charge in [-0.05, 0) is 47.9 Å². The zero-order chi connectivity index (χ0) is 19.4. The van der Waals surface area contributed by atoms with Crippen LogP contribution in [0.3, 0.4) is 0 Å². The van der Waals surface area contributed by atoms with Crippen LogP contribution in [0.2, 0.25) is 5.02 Å². The van der Waals surface area contributed by atoms with E-state index in [1.165, 1.54) is 23.7 Å². The number of anilines is 1. The average molecular weight is 394 g/mol. The van der Waals surface area contributed by atoms with Gasteiger partial charge in [0.05, 0.1) is 11.1 Å². The maximum Gasteiger partial charge on any atom is 0.281 e. The fourth-order valence-corrected chi connectivity index (χ4v) is 2.93. The largest absolute Gasteiger partial charge is 0.484 e. The van der Waals surface area contributed by atoms with Crippen LogP contribution in [0, 0.1) is 5.82 Å². The molecule has 0 spiro atoms. The molecule has 2 aromatic carbocycles. The number of hydrogen-bond acceptors (Lipinski definition) is 5. The lowest BCUT2D eigenvalue weighted by Crippen LogP contribution is -2.44. The summed E-state index contributed by atoms with van der Waals surface area (Å²) in [7, 11) is 0.